The van der Waals surface area contributed by atoms with Crippen molar-refractivity contribution >= 4 is 39.2 Å². The van der Waals surface area contributed by atoms with E-state index < -0.39 is 0 Å². The number of hydrogen-bond donors (Lipinski definition) is 0. The van der Waals surface area contributed by atoms with Gasteiger partial charge in [-0.1, -0.05) is 35.1 Å². The fourth-order valence-electron chi connectivity index (χ4n) is 2.93. The maximum Gasteiger partial charge on any atom is 0.252 e. The minimum absolute atomic E-state index is 0.187. The van der Waals surface area contributed by atoms with Crippen LogP contribution in [0.5, 0.6) is 5.75 Å². The Morgan fingerprint density at radius 3 is 2.85 bits per heavy atom. The SMILES string of the molecule is C=CCn1c(=NC(=O)Cc2cc(C)ccc2OC)sc2cc(SC)ccc21. The number of fused-ring (bicyclic) bond motifs is 1. The maximum absolute atomic E-state index is 12.7. The van der Waals surface area contributed by atoms with Gasteiger partial charge in [-0.3, -0.25) is 4.79 Å². The summed E-state index contributed by atoms with van der Waals surface area (Å²) in [7, 11) is 1.61. The third kappa shape index (κ3) is 4.34. The number of benzene rings is 2. The number of aromatic nitrogens is 1. The summed E-state index contributed by atoms with van der Waals surface area (Å²) in [6.45, 7) is 6.44. The lowest BCUT2D eigenvalue weighted by Crippen LogP contribution is -2.17. The summed E-state index contributed by atoms with van der Waals surface area (Å²) in [5.74, 6) is 0.525. The summed E-state index contributed by atoms with van der Waals surface area (Å²) >= 11 is 3.23. The number of aryl methyl sites for hydroxylation is 1. The summed E-state index contributed by atoms with van der Waals surface area (Å²) in [6.07, 6.45) is 4.08. The Labute approximate surface area is 167 Å². The van der Waals surface area contributed by atoms with Gasteiger partial charge in [-0.2, -0.15) is 4.99 Å². The minimum Gasteiger partial charge on any atom is -0.496 e. The number of amides is 1. The van der Waals surface area contributed by atoms with Crippen LogP contribution in [0, 0.1) is 6.92 Å². The van der Waals surface area contributed by atoms with Crippen LogP contribution >= 0.6 is 23.1 Å². The smallest absolute Gasteiger partial charge is 0.252 e. The zero-order chi connectivity index (χ0) is 19.4. The molecule has 4 nitrogen and oxygen atoms in total. The van der Waals surface area contributed by atoms with Gasteiger partial charge in [0.15, 0.2) is 4.80 Å². The molecule has 0 saturated heterocycles. The van der Waals surface area contributed by atoms with Crippen LogP contribution in [0.1, 0.15) is 11.1 Å². The lowest BCUT2D eigenvalue weighted by molar-refractivity contribution is -0.117. The van der Waals surface area contributed by atoms with Gasteiger partial charge in [0, 0.05) is 17.0 Å². The average Bonchev–Trinajstić information content (AvgIpc) is 2.98. The van der Waals surface area contributed by atoms with E-state index in [1.807, 2.05) is 35.8 Å². The Bertz CT molecular complexity index is 1060. The number of rotatable bonds is 6. The fourth-order valence-corrected chi connectivity index (χ4v) is 4.54. The molecule has 140 valence electrons. The molecule has 1 amide bonds. The highest BCUT2D eigenvalue weighted by Gasteiger charge is 2.11. The van der Waals surface area contributed by atoms with E-state index in [4.69, 9.17) is 4.74 Å². The van der Waals surface area contributed by atoms with Crippen molar-refractivity contribution in [1.82, 2.24) is 4.57 Å². The molecule has 0 atom stereocenters. The fraction of sp³-hybridized carbons (Fsp3) is 0.238. The molecule has 0 N–H and O–H groups in total. The molecule has 0 saturated carbocycles. The molecule has 1 aromatic heterocycles. The van der Waals surface area contributed by atoms with Gasteiger partial charge in [0.05, 0.1) is 23.7 Å². The summed E-state index contributed by atoms with van der Waals surface area (Å²) < 4.78 is 8.52. The van der Waals surface area contributed by atoms with E-state index in [1.165, 1.54) is 16.2 Å². The first kappa shape index (κ1) is 19.5. The van der Waals surface area contributed by atoms with Gasteiger partial charge in [-0.05, 0) is 37.4 Å². The second-order valence-electron chi connectivity index (χ2n) is 6.12. The van der Waals surface area contributed by atoms with E-state index in [0.717, 1.165) is 21.3 Å². The number of hydrogen-bond acceptors (Lipinski definition) is 4. The van der Waals surface area contributed by atoms with Crippen LogP contribution in [0.2, 0.25) is 0 Å². The first-order valence-electron chi connectivity index (χ1n) is 8.55. The van der Waals surface area contributed by atoms with Crippen LogP contribution < -0.4 is 9.54 Å². The Morgan fingerprint density at radius 1 is 1.33 bits per heavy atom. The second-order valence-corrected chi connectivity index (χ2v) is 8.00. The molecule has 0 unspecified atom stereocenters. The van der Waals surface area contributed by atoms with E-state index in [2.05, 4.69) is 36.0 Å². The third-order valence-corrected chi connectivity index (χ3v) is 5.97. The van der Waals surface area contributed by atoms with Crippen molar-refractivity contribution < 1.29 is 9.53 Å². The Morgan fingerprint density at radius 2 is 2.15 bits per heavy atom. The maximum atomic E-state index is 12.7. The van der Waals surface area contributed by atoms with Gasteiger partial charge < -0.3 is 9.30 Å². The van der Waals surface area contributed by atoms with E-state index in [-0.39, 0.29) is 12.3 Å². The number of carbonyl (C=O) groups is 1. The predicted octanol–water partition coefficient (Wildman–Crippen LogP) is 4.60. The van der Waals surface area contributed by atoms with E-state index in [9.17, 15) is 4.79 Å². The Hall–Kier alpha value is -2.31. The molecule has 0 bridgehead atoms. The molecule has 0 radical (unpaired) electrons. The highest BCUT2D eigenvalue weighted by Crippen LogP contribution is 2.24. The number of carbonyl (C=O) groups excluding carboxylic acids is 1. The molecule has 3 rings (SSSR count). The summed E-state index contributed by atoms with van der Waals surface area (Å²) in [4.78, 5) is 18.9. The standard InChI is InChI=1S/C21H22N2O2S2/c1-5-10-23-17-8-7-16(26-4)13-19(17)27-21(23)22-20(24)12-15-11-14(2)6-9-18(15)25-3/h5-9,11,13H,1,10,12H2,2-4H3. The van der Waals surface area contributed by atoms with Crippen LogP contribution in [0.15, 0.2) is 58.9 Å². The highest BCUT2D eigenvalue weighted by molar-refractivity contribution is 7.98. The van der Waals surface area contributed by atoms with Gasteiger partial charge in [-0.25, -0.2) is 0 Å². The van der Waals surface area contributed by atoms with Crippen LogP contribution in [0.25, 0.3) is 10.2 Å². The Kier molecular flexibility index (Phi) is 6.19. The van der Waals surface area contributed by atoms with Crippen molar-refractivity contribution in [3.05, 3.63) is 65.0 Å². The highest BCUT2D eigenvalue weighted by atomic mass is 32.2. The van der Waals surface area contributed by atoms with Crippen LogP contribution in [-0.2, 0) is 17.8 Å². The van der Waals surface area contributed by atoms with E-state index in [1.54, 1.807) is 18.9 Å². The van der Waals surface area contributed by atoms with Gasteiger partial charge >= 0.3 is 0 Å². The molecular formula is C21H22N2O2S2. The first-order valence-corrected chi connectivity index (χ1v) is 10.6. The van der Waals surface area contributed by atoms with Gasteiger partial charge in [-0.15, -0.1) is 18.3 Å². The lowest BCUT2D eigenvalue weighted by Gasteiger charge is -2.07. The van der Waals surface area contributed by atoms with Crippen LogP contribution in [0.4, 0.5) is 0 Å². The molecule has 0 aliphatic rings. The molecule has 6 heteroatoms. The minimum atomic E-state index is -0.187. The molecule has 0 spiro atoms. The van der Waals surface area contributed by atoms with Crippen molar-refractivity contribution in [3.63, 3.8) is 0 Å². The number of nitrogens with zero attached hydrogens (tertiary/aromatic N) is 2. The first-order chi connectivity index (χ1) is 13.0. The molecule has 2 aromatic carbocycles. The van der Waals surface area contributed by atoms with Crippen molar-refractivity contribution in [2.24, 2.45) is 4.99 Å². The number of ether oxygens (including phenoxy) is 1. The topological polar surface area (TPSA) is 43.6 Å². The number of allylic oxidation sites excluding steroid dienone is 1. The van der Waals surface area contributed by atoms with Crippen molar-refractivity contribution in [3.8, 4) is 5.75 Å². The number of methoxy groups -OCH3 is 1. The van der Waals surface area contributed by atoms with Gasteiger partial charge in [0.1, 0.15) is 5.75 Å². The molecule has 1 heterocycles. The zero-order valence-electron chi connectivity index (χ0n) is 15.7. The van der Waals surface area contributed by atoms with Crippen LogP contribution in [-0.4, -0.2) is 23.8 Å². The summed E-state index contributed by atoms with van der Waals surface area (Å²) in [5.41, 5.74) is 3.01. The molecule has 0 aliphatic carbocycles. The average molecular weight is 399 g/mol. The van der Waals surface area contributed by atoms with Crippen LogP contribution in [0.3, 0.4) is 0 Å². The summed E-state index contributed by atoms with van der Waals surface area (Å²) in [6, 6.07) is 12.1. The molecule has 0 fully saturated rings. The van der Waals surface area contributed by atoms with Gasteiger partial charge in [0.2, 0.25) is 0 Å². The molecular weight excluding hydrogens is 376 g/mol. The zero-order valence-corrected chi connectivity index (χ0v) is 17.3. The molecule has 3 aromatic rings. The number of thiazole rings is 1. The van der Waals surface area contributed by atoms with Gasteiger partial charge in [0.25, 0.3) is 5.91 Å². The third-order valence-electron chi connectivity index (χ3n) is 4.20. The quantitative estimate of drug-likeness (QED) is 0.450. The molecule has 27 heavy (non-hydrogen) atoms. The van der Waals surface area contributed by atoms with Crippen molar-refractivity contribution in [2.75, 3.05) is 13.4 Å². The second kappa shape index (κ2) is 8.59. The number of thioether (sulfide) groups is 1. The monoisotopic (exact) mass is 398 g/mol. The lowest BCUT2D eigenvalue weighted by atomic mass is 10.1. The van der Waals surface area contributed by atoms with Crippen molar-refractivity contribution in [1.29, 1.82) is 0 Å². The van der Waals surface area contributed by atoms with E-state index in [0.29, 0.717) is 17.1 Å². The van der Waals surface area contributed by atoms with Crippen molar-refractivity contribution in [2.45, 2.75) is 24.8 Å². The largest absolute Gasteiger partial charge is 0.496 e. The molecule has 0 aliphatic heterocycles. The van der Waals surface area contributed by atoms with E-state index >= 15 is 0 Å². The normalized spacial score (nSPS) is 11.7. The predicted molar refractivity (Wildman–Crippen MR) is 114 cm³/mol. The Balaban J connectivity index is 2.01. The summed E-state index contributed by atoms with van der Waals surface area (Å²) in [5, 5.41) is 0.